The van der Waals surface area contributed by atoms with E-state index in [0.29, 0.717) is 37.6 Å². The molecule has 2 aliphatic heterocycles. The van der Waals surface area contributed by atoms with Gasteiger partial charge in [0.15, 0.2) is 0 Å². The van der Waals surface area contributed by atoms with Gasteiger partial charge in [-0.25, -0.2) is 14.2 Å². The second kappa shape index (κ2) is 9.65. The van der Waals surface area contributed by atoms with Crippen LogP contribution in [-0.4, -0.2) is 62.4 Å². The number of furan rings is 1. The molecular weight excluding hydrogens is 453 g/mol. The highest BCUT2D eigenvalue weighted by Gasteiger charge is 2.33. The van der Waals surface area contributed by atoms with Crippen molar-refractivity contribution >= 4 is 29.2 Å². The summed E-state index contributed by atoms with van der Waals surface area (Å²) in [4.78, 5) is 33.5. The molecule has 2 saturated heterocycles. The lowest BCUT2D eigenvalue weighted by Gasteiger charge is -2.37. The number of pyridine rings is 1. The van der Waals surface area contributed by atoms with E-state index in [0.717, 1.165) is 16.9 Å². The highest BCUT2D eigenvalue weighted by molar-refractivity contribution is 5.90. The van der Waals surface area contributed by atoms with Crippen LogP contribution in [-0.2, 0) is 9.53 Å². The number of anilines is 3. The van der Waals surface area contributed by atoms with Gasteiger partial charge in [0.2, 0.25) is 5.91 Å². The molecule has 0 spiro atoms. The predicted molar refractivity (Wildman–Crippen MR) is 129 cm³/mol. The van der Waals surface area contributed by atoms with E-state index in [2.05, 4.69) is 15.2 Å². The van der Waals surface area contributed by atoms with Crippen molar-refractivity contribution in [1.29, 1.82) is 0 Å². The van der Waals surface area contributed by atoms with Gasteiger partial charge >= 0.3 is 6.09 Å². The van der Waals surface area contributed by atoms with Gasteiger partial charge in [0.05, 0.1) is 37.0 Å². The minimum Gasteiger partial charge on any atom is -0.472 e. The molecule has 4 heterocycles. The van der Waals surface area contributed by atoms with Crippen LogP contribution in [0.1, 0.15) is 6.92 Å². The minimum absolute atomic E-state index is 0.197. The van der Waals surface area contributed by atoms with Crippen molar-refractivity contribution in [2.75, 3.05) is 54.0 Å². The topological polar surface area (TPSA) is 91.2 Å². The van der Waals surface area contributed by atoms with Crippen molar-refractivity contribution in [2.45, 2.75) is 13.0 Å². The number of hydrogen-bond acceptors (Lipinski definition) is 7. The van der Waals surface area contributed by atoms with E-state index >= 15 is 4.39 Å². The number of hydrogen-bond donors (Lipinski definition) is 1. The van der Waals surface area contributed by atoms with Crippen LogP contribution in [0.5, 0.6) is 0 Å². The molecule has 1 unspecified atom stereocenters. The zero-order chi connectivity index (χ0) is 24.4. The van der Waals surface area contributed by atoms with Crippen molar-refractivity contribution in [1.82, 2.24) is 10.3 Å². The van der Waals surface area contributed by atoms with Crippen LogP contribution >= 0.6 is 0 Å². The highest BCUT2D eigenvalue weighted by atomic mass is 19.1. The van der Waals surface area contributed by atoms with Gasteiger partial charge in [-0.15, -0.1) is 0 Å². The van der Waals surface area contributed by atoms with Crippen LogP contribution in [0, 0.1) is 5.82 Å². The summed E-state index contributed by atoms with van der Waals surface area (Å²) in [5.41, 5.74) is 2.91. The van der Waals surface area contributed by atoms with Gasteiger partial charge < -0.3 is 24.3 Å². The smallest absolute Gasteiger partial charge is 0.414 e. The first kappa shape index (κ1) is 22.7. The normalized spacial score (nSPS) is 18.1. The molecule has 10 heteroatoms. The Balaban J connectivity index is 1.19. The summed E-state index contributed by atoms with van der Waals surface area (Å²) in [5, 5.41) is 2.63. The SMILES string of the molecule is CC(=O)NCC1CN(c2ccc(N3CCN(c4ccc(-c5ccoc5)cn4)CC3)c(F)c2)C(=O)O1. The second-order valence-corrected chi connectivity index (χ2v) is 8.58. The molecule has 2 aliphatic rings. The van der Waals surface area contributed by atoms with Crippen molar-refractivity contribution in [3.63, 3.8) is 0 Å². The Morgan fingerprint density at radius 2 is 1.91 bits per heavy atom. The molecule has 0 aliphatic carbocycles. The number of benzene rings is 1. The van der Waals surface area contributed by atoms with Crippen LogP contribution < -0.4 is 20.0 Å². The Morgan fingerprint density at radius 3 is 2.57 bits per heavy atom. The van der Waals surface area contributed by atoms with Gasteiger partial charge in [0.25, 0.3) is 0 Å². The fourth-order valence-corrected chi connectivity index (χ4v) is 4.37. The first-order valence-corrected chi connectivity index (χ1v) is 11.5. The average molecular weight is 480 g/mol. The number of aromatic nitrogens is 1. The molecule has 182 valence electrons. The maximum atomic E-state index is 15.1. The zero-order valence-corrected chi connectivity index (χ0v) is 19.3. The van der Waals surface area contributed by atoms with E-state index in [9.17, 15) is 9.59 Å². The van der Waals surface area contributed by atoms with Gasteiger partial charge in [-0.3, -0.25) is 9.69 Å². The van der Waals surface area contributed by atoms with Crippen LogP contribution in [0.15, 0.2) is 59.5 Å². The maximum Gasteiger partial charge on any atom is 0.414 e. The molecule has 2 fully saturated rings. The van der Waals surface area contributed by atoms with Crippen molar-refractivity contribution in [3.8, 4) is 11.1 Å². The van der Waals surface area contributed by atoms with E-state index in [-0.39, 0.29) is 19.0 Å². The number of ether oxygens (including phenoxy) is 1. The monoisotopic (exact) mass is 479 g/mol. The molecule has 1 N–H and O–H groups in total. The van der Waals surface area contributed by atoms with E-state index in [4.69, 9.17) is 9.15 Å². The molecule has 1 aromatic carbocycles. The third kappa shape index (κ3) is 4.91. The second-order valence-electron chi connectivity index (χ2n) is 8.58. The van der Waals surface area contributed by atoms with Crippen LogP contribution in [0.25, 0.3) is 11.1 Å². The van der Waals surface area contributed by atoms with Gasteiger partial charge in [-0.1, -0.05) is 0 Å². The largest absolute Gasteiger partial charge is 0.472 e. The van der Waals surface area contributed by atoms with Gasteiger partial charge in [-0.05, 0) is 36.4 Å². The predicted octanol–water partition coefficient (Wildman–Crippen LogP) is 3.27. The molecule has 35 heavy (non-hydrogen) atoms. The molecule has 0 bridgehead atoms. The first-order chi connectivity index (χ1) is 17.0. The average Bonchev–Trinajstić information content (AvgIpc) is 3.53. The zero-order valence-electron chi connectivity index (χ0n) is 19.3. The van der Waals surface area contributed by atoms with Gasteiger partial charge in [0.1, 0.15) is 17.7 Å². The lowest BCUT2D eigenvalue weighted by atomic mass is 10.1. The number of rotatable bonds is 6. The van der Waals surface area contributed by atoms with Crippen molar-refractivity contribution in [2.24, 2.45) is 0 Å². The number of cyclic esters (lactones) is 1. The summed E-state index contributed by atoms with van der Waals surface area (Å²) in [6, 6.07) is 10.7. The quantitative estimate of drug-likeness (QED) is 0.580. The number of carbonyl (C=O) groups excluding carboxylic acids is 2. The Morgan fingerprint density at radius 1 is 1.11 bits per heavy atom. The number of piperazine rings is 1. The summed E-state index contributed by atoms with van der Waals surface area (Å²) in [6.07, 6.45) is 4.13. The molecule has 3 aromatic rings. The fourth-order valence-electron chi connectivity index (χ4n) is 4.37. The molecule has 2 aromatic heterocycles. The van der Waals surface area contributed by atoms with Crippen LogP contribution in [0.4, 0.5) is 26.4 Å². The van der Waals surface area contributed by atoms with E-state index in [1.54, 1.807) is 24.7 Å². The Kier molecular flexibility index (Phi) is 6.26. The van der Waals surface area contributed by atoms with Crippen molar-refractivity contribution in [3.05, 3.63) is 60.9 Å². The number of nitrogens with one attached hydrogen (secondary N) is 1. The summed E-state index contributed by atoms with van der Waals surface area (Å²) in [5.74, 6) is 0.294. The van der Waals surface area contributed by atoms with E-state index in [1.807, 2.05) is 29.3 Å². The first-order valence-electron chi connectivity index (χ1n) is 11.5. The number of nitrogens with zero attached hydrogens (tertiary/aromatic N) is 4. The van der Waals surface area contributed by atoms with Gasteiger partial charge in [-0.2, -0.15) is 0 Å². The lowest BCUT2D eigenvalue weighted by Crippen LogP contribution is -2.47. The van der Waals surface area contributed by atoms with Crippen LogP contribution in [0.2, 0.25) is 0 Å². The lowest BCUT2D eigenvalue weighted by molar-refractivity contribution is -0.119. The number of halogens is 1. The van der Waals surface area contributed by atoms with E-state index < -0.39 is 18.0 Å². The molecule has 1 atom stereocenters. The molecule has 0 saturated carbocycles. The minimum atomic E-state index is -0.549. The maximum absolute atomic E-state index is 15.1. The molecular formula is C25H26FN5O4. The summed E-state index contributed by atoms with van der Waals surface area (Å²) in [6.45, 7) is 4.59. The number of carbonyl (C=O) groups is 2. The Labute approximate surface area is 202 Å². The third-order valence-electron chi connectivity index (χ3n) is 6.24. The Hall–Kier alpha value is -4.08. The van der Waals surface area contributed by atoms with Crippen molar-refractivity contribution < 1.29 is 23.1 Å². The molecule has 5 rings (SSSR count). The molecule has 0 radical (unpaired) electrons. The molecule has 2 amide bonds. The highest BCUT2D eigenvalue weighted by Crippen LogP contribution is 2.29. The summed E-state index contributed by atoms with van der Waals surface area (Å²) < 4.78 is 25.5. The fraction of sp³-hybridized carbons (Fsp3) is 0.320. The standard InChI is InChI=1S/C25H26FN5O4/c1-17(32)27-14-21-15-31(25(33)35-21)20-3-4-23(22(26)12-20)29-7-9-30(10-8-29)24-5-2-18(13-28-24)19-6-11-34-16-19/h2-6,11-13,16,21H,7-10,14-15H2,1H3,(H,27,32). The third-order valence-corrected chi connectivity index (χ3v) is 6.24. The summed E-state index contributed by atoms with van der Waals surface area (Å²) >= 11 is 0. The van der Waals surface area contributed by atoms with E-state index in [1.165, 1.54) is 17.9 Å². The Bertz CT molecular complexity index is 1190. The summed E-state index contributed by atoms with van der Waals surface area (Å²) in [7, 11) is 0. The molecule has 9 nitrogen and oxygen atoms in total. The van der Waals surface area contributed by atoms with Gasteiger partial charge in [0, 0.05) is 50.4 Å². The number of amides is 2. The van der Waals surface area contributed by atoms with Crippen LogP contribution in [0.3, 0.4) is 0 Å².